The predicted octanol–water partition coefficient (Wildman–Crippen LogP) is 3.61. The van der Waals surface area contributed by atoms with Crippen LogP contribution in [0.25, 0.3) is 0 Å². The van der Waals surface area contributed by atoms with Crippen molar-refractivity contribution >= 4 is 11.8 Å². The lowest BCUT2D eigenvalue weighted by Crippen LogP contribution is -2.33. The highest BCUT2D eigenvalue weighted by molar-refractivity contribution is 6.20. The quantitative estimate of drug-likeness (QED) is 0.809. The van der Waals surface area contributed by atoms with Gasteiger partial charge in [0.25, 0.3) is 11.8 Å². The molecule has 0 bridgehead atoms. The van der Waals surface area contributed by atoms with Gasteiger partial charge in [0.2, 0.25) is 0 Å². The van der Waals surface area contributed by atoms with E-state index in [9.17, 15) is 9.59 Å². The molecule has 3 rings (SSSR count). The molecule has 0 N–H and O–H groups in total. The van der Waals surface area contributed by atoms with E-state index in [-0.39, 0.29) is 12.0 Å². The fraction of sp³-hybridized carbons (Fsp3) is 0.222. The summed E-state index contributed by atoms with van der Waals surface area (Å²) in [6.45, 7) is 3.99. The van der Waals surface area contributed by atoms with E-state index >= 15 is 0 Å². The largest absolute Gasteiger partial charge is 0.285 e. The van der Waals surface area contributed by atoms with Crippen LogP contribution in [0.4, 0.5) is 0 Å². The van der Waals surface area contributed by atoms with E-state index < -0.39 is 11.8 Å². The van der Waals surface area contributed by atoms with E-state index in [1.807, 2.05) is 44.2 Å². The number of carbonyl (C=O) groups is 2. The van der Waals surface area contributed by atoms with Crippen molar-refractivity contribution in [3.05, 3.63) is 71.3 Å². The van der Waals surface area contributed by atoms with Crippen molar-refractivity contribution in [1.82, 2.24) is 5.06 Å². The van der Waals surface area contributed by atoms with Gasteiger partial charge in [-0.15, -0.1) is 5.06 Å². The van der Waals surface area contributed by atoms with Crippen LogP contribution in [0.3, 0.4) is 0 Å². The number of imide groups is 1. The van der Waals surface area contributed by atoms with E-state index in [0.29, 0.717) is 11.1 Å². The Bertz CT molecular complexity index is 674. The number of fused-ring (bicyclic) bond motifs is 1. The molecule has 0 spiro atoms. The Labute approximate surface area is 129 Å². The smallest absolute Gasteiger partial charge is 0.266 e. The van der Waals surface area contributed by atoms with Crippen molar-refractivity contribution in [2.75, 3.05) is 0 Å². The minimum absolute atomic E-state index is 0.117. The molecule has 1 aliphatic heterocycles. The predicted molar refractivity (Wildman–Crippen MR) is 82.0 cm³/mol. The molecule has 4 heteroatoms. The summed E-state index contributed by atoms with van der Waals surface area (Å²) in [5.41, 5.74) is 1.72. The fourth-order valence-electron chi connectivity index (χ4n) is 2.59. The lowest BCUT2D eigenvalue weighted by molar-refractivity contribution is -0.148. The summed E-state index contributed by atoms with van der Waals surface area (Å²) in [5.74, 6) is -0.684. The summed E-state index contributed by atoms with van der Waals surface area (Å²) in [5, 5.41) is 0.891. The molecule has 112 valence electrons. The minimum Gasteiger partial charge on any atom is -0.266 e. The molecular weight excluding hydrogens is 278 g/mol. The molecule has 0 aromatic heterocycles. The number of hydroxylamine groups is 2. The monoisotopic (exact) mass is 295 g/mol. The van der Waals surface area contributed by atoms with Gasteiger partial charge < -0.3 is 0 Å². The molecule has 1 atom stereocenters. The second-order valence-corrected chi connectivity index (χ2v) is 5.63. The third-order valence-electron chi connectivity index (χ3n) is 3.71. The van der Waals surface area contributed by atoms with Crippen molar-refractivity contribution in [2.45, 2.75) is 20.0 Å². The van der Waals surface area contributed by atoms with Gasteiger partial charge in [0.1, 0.15) is 6.10 Å². The average Bonchev–Trinajstić information content (AvgIpc) is 2.78. The zero-order valence-electron chi connectivity index (χ0n) is 12.5. The Hall–Kier alpha value is -2.46. The van der Waals surface area contributed by atoms with Crippen LogP contribution in [0.1, 0.15) is 46.2 Å². The van der Waals surface area contributed by atoms with Crippen LogP contribution in [-0.4, -0.2) is 16.9 Å². The number of hydrogen-bond acceptors (Lipinski definition) is 3. The molecule has 0 saturated carbocycles. The molecule has 0 saturated heterocycles. The van der Waals surface area contributed by atoms with Gasteiger partial charge in [-0.2, -0.15) is 0 Å². The standard InChI is InChI=1S/C18H17NO3/c1-12(2)16(13-8-4-3-5-9-13)22-19-17(20)14-10-6-7-11-15(14)18(19)21/h3-12,16H,1-2H3. The molecule has 1 aliphatic rings. The van der Waals surface area contributed by atoms with Crippen molar-refractivity contribution < 1.29 is 14.4 Å². The fourth-order valence-corrected chi connectivity index (χ4v) is 2.59. The Morgan fingerprint density at radius 1 is 0.818 bits per heavy atom. The molecule has 1 unspecified atom stereocenters. The second kappa shape index (κ2) is 5.73. The SMILES string of the molecule is CC(C)C(ON1C(=O)c2ccccc2C1=O)c1ccccc1. The number of hydrogen-bond donors (Lipinski definition) is 0. The van der Waals surface area contributed by atoms with Crippen LogP contribution in [0.15, 0.2) is 54.6 Å². The van der Waals surface area contributed by atoms with Crippen molar-refractivity contribution in [3.63, 3.8) is 0 Å². The Morgan fingerprint density at radius 3 is 1.82 bits per heavy atom. The maximum Gasteiger partial charge on any atom is 0.285 e. The molecule has 22 heavy (non-hydrogen) atoms. The number of nitrogens with zero attached hydrogens (tertiary/aromatic N) is 1. The highest BCUT2D eigenvalue weighted by Gasteiger charge is 2.38. The normalized spacial score (nSPS) is 15.3. The maximum atomic E-state index is 12.4. The molecule has 1 heterocycles. The van der Waals surface area contributed by atoms with Gasteiger partial charge in [-0.25, -0.2) is 0 Å². The summed E-state index contributed by atoms with van der Waals surface area (Å²) in [7, 11) is 0. The first-order valence-electron chi connectivity index (χ1n) is 7.29. The molecule has 2 aromatic carbocycles. The molecule has 0 radical (unpaired) electrons. The van der Waals surface area contributed by atoms with Gasteiger partial charge in [0.05, 0.1) is 11.1 Å². The summed E-state index contributed by atoms with van der Waals surface area (Å²) in [6.07, 6.45) is -0.358. The van der Waals surface area contributed by atoms with Gasteiger partial charge in [-0.05, 0) is 23.6 Å². The van der Waals surface area contributed by atoms with Crippen molar-refractivity contribution in [2.24, 2.45) is 5.92 Å². The third kappa shape index (κ3) is 2.42. The van der Waals surface area contributed by atoms with Gasteiger partial charge in [0.15, 0.2) is 0 Å². The molecule has 4 nitrogen and oxygen atoms in total. The average molecular weight is 295 g/mol. The van der Waals surface area contributed by atoms with Crippen LogP contribution >= 0.6 is 0 Å². The lowest BCUT2D eigenvalue weighted by atomic mass is 9.99. The van der Waals surface area contributed by atoms with E-state index in [4.69, 9.17) is 4.84 Å². The lowest BCUT2D eigenvalue weighted by Gasteiger charge is -2.25. The minimum atomic E-state index is -0.401. The Balaban J connectivity index is 1.89. The first-order chi connectivity index (χ1) is 10.6. The van der Waals surface area contributed by atoms with E-state index in [0.717, 1.165) is 10.6 Å². The number of carbonyl (C=O) groups excluding carboxylic acids is 2. The molecular formula is C18H17NO3. The van der Waals surface area contributed by atoms with Gasteiger partial charge in [-0.3, -0.25) is 14.4 Å². The Kier molecular flexibility index (Phi) is 3.77. The van der Waals surface area contributed by atoms with E-state index in [1.54, 1.807) is 24.3 Å². The first kappa shape index (κ1) is 14.5. The topological polar surface area (TPSA) is 46.6 Å². The van der Waals surface area contributed by atoms with E-state index in [1.165, 1.54) is 0 Å². The summed E-state index contributed by atoms with van der Waals surface area (Å²) in [6, 6.07) is 16.4. The third-order valence-corrected chi connectivity index (χ3v) is 3.71. The zero-order chi connectivity index (χ0) is 15.7. The van der Waals surface area contributed by atoms with Crippen LogP contribution in [0.5, 0.6) is 0 Å². The van der Waals surface area contributed by atoms with Crippen molar-refractivity contribution in [1.29, 1.82) is 0 Å². The van der Waals surface area contributed by atoms with Gasteiger partial charge >= 0.3 is 0 Å². The maximum absolute atomic E-state index is 12.4. The van der Waals surface area contributed by atoms with Crippen LogP contribution in [0, 0.1) is 5.92 Å². The molecule has 0 aliphatic carbocycles. The summed E-state index contributed by atoms with van der Waals surface area (Å²) < 4.78 is 0. The van der Waals surface area contributed by atoms with Gasteiger partial charge in [-0.1, -0.05) is 56.3 Å². The molecule has 2 amide bonds. The van der Waals surface area contributed by atoms with Crippen LogP contribution in [-0.2, 0) is 4.84 Å². The number of amides is 2. The summed E-state index contributed by atoms with van der Waals surface area (Å²) >= 11 is 0. The van der Waals surface area contributed by atoms with E-state index in [2.05, 4.69) is 0 Å². The van der Waals surface area contributed by atoms with Crippen LogP contribution < -0.4 is 0 Å². The molecule has 0 fully saturated rings. The number of rotatable bonds is 4. The van der Waals surface area contributed by atoms with Gasteiger partial charge in [0, 0.05) is 0 Å². The summed E-state index contributed by atoms with van der Waals surface area (Å²) in [4.78, 5) is 30.6. The first-order valence-corrected chi connectivity index (χ1v) is 7.29. The highest BCUT2D eigenvalue weighted by Crippen LogP contribution is 2.31. The molecule has 2 aromatic rings. The number of benzene rings is 2. The van der Waals surface area contributed by atoms with Crippen molar-refractivity contribution in [3.8, 4) is 0 Å². The highest BCUT2D eigenvalue weighted by atomic mass is 16.7. The Morgan fingerprint density at radius 2 is 1.32 bits per heavy atom. The zero-order valence-corrected chi connectivity index (χ0v) is 12.5. The second-order valence-electron chi connectivity index (χ2n) is 5.63. The van der Waals surface area contributed by atoms with Crippen LogP contribution in [0.2, 0.25) is 0 Å².